The van der Waals surface area contributed by atoms with E-state index in [0.717, 1.165) is 25.6 Å². The molecule has 1 saturated heterocycles. The fraction of sp³-hybridized carbons (Fsp3) is 0.786. The van der Waals surface area contributed by atoms with Gasteiger partial charge in [-0.25, -0.2) is 0 Å². The van der Waals surface area contributed by atoms with Gasteiger partial charge in [-0.05, 0) is 38.8 Å². The highest BCUT2D eigenvalue weighted by molar-refractivity contribution is 5.87. The molecule has 0 saturated carbocycles. The molecule has 1 aliphatic heterocycles. The molecule has 1 rings (SSSR count). The van der Waals surface area contributed by atoms with Crippen LogP contribution in [0.1, 0.15) is 26.7 Å². The van der Waals surface area contributed by atoms with Gasteiger partial charge in [0.25, 0.3) is 0 Å². The second kappa shape index (κ2) is 6.80. The number of amides is 1. The van der Waals surface area contributed by atoms with Gasteiger partial charge in [0.2, 0.25) is 5.91 Å². The third-order valence-corrected chi connectivity index (χ3v) is 3.13. The van der Waals surface area contributed by atoms with Crippen LogP contribution in [-0.4, -0.2) is 49.4 Å². The van der Waals surface area contributed by atoms with Gasteiger partial charge in [-0.1, -0.05) is 19.9 Å². The average molecular weight is 238 g/mol. The smallest absolute Gasteiger partial charge is 0.246 e. The summed E-state index contributed by atoms with van der Waals surface area (Å²) < 4.78 is 0. The lowest BCUT2D eigenvalue weighted by Crippen LogP contribution is -2.27. The summed E-state index contributed by atoms with van der Waals surface area (Å²) >= 11 is 0. The maximum Gasteiger partial charge on any atom is 0.246 e. The highest BCUT2D eigenvalue weighted by Crippen LogP contribution is 2.23. The number of hydrogen-bond acceptors (Lipinski definition) is 2. The number of carbonyl (C=O) groups is 1. The lowest BCUT2D eigenvalue weighted by molar-refractivity contribution is -0.125. The number of carbonyl (C=O) groups excluding carboxylic acids is 1. The molecule has 0 aliphatic carbocycles. The van der Waals surface area contributed by atoms with Gasteiger partial charge in [0.15, 0.2) is 0 Å². The molecule has 0 spiro atoms. The van der Waals surface area contributed by atoms with Crippen molar-refractivity contribution in [1.29, 1.82) is 0 Å². The van der Waals surface area contributed by atoms with Crippen LogP contribution >= 0.6 is 0 Å². The molecular weight excluding hydrogens is 212 g/mol. The molecule has 1 fully saturated rings. The topological polar surface area (TPSA) is 23.6 Å². The first-order chi connectivity index (χ1) is 7.99. The van der Waals surface area contributed by atoms with Crippen molar-refractivity contribution in [2.24, 2.45) is 11.8 Å². The minimum absolute atomic E-state index is 0.179. The summed E-state index contributed by atoms with van der Waals surface area (Å²) in [5, 5.41) is 0. The molecule has 0 N–H and O–H groups in total. The Morgan fingerprint density at radius 2 is 2.18 bits per heavy atom. The summed E-state index contributed by atoms with van der Waals surface area (Å²) in [6.07, 6.45) is 6.08. The monoisotopic (exact) mass is 238 g/mol. The molecule has 0 radical (unpaired) electrons. The standard InChI is InChI=1S/C14H26N2O/c1-12(2)10-13-7-9-16(11-13)14(17)6-5-8-15(3)4/h5-6,12-13H,7-11H2,1-4H3/b6-5+. The van der Waals surface area contributed by atoms with Crippen LogP contribution in [0, 0.1) is 11.8 Å². The van der Waals surface area contributed by atoms with Crippen LogP contribution in [0.3, 0.4) is 0 Å². The third kappa shape index (κ3) is 5.35. The first-order valence-electron chi connectivity index (χ1n) is 6.59. The second-order valence-electron chi connectivity index (χ2n) is 5.73. The molecule has 1 heterocycles. The minimum atomic E-state index is 0.179. The summed E-state index contributed by atoms with van der Waals surface area (Å²) in [6, 6.07) is 0. The van der Waals surface area contributed by atoms with Crippen molar-refractivity contribution in [3.63, 3.8) is 0 Å². The molecule has 17 heavy (non-hydrogen) atoms. The molecule has 0 aromatic rings. The highest BCUT2D eigenvalue weighted by atomic mass is 16.2. The van der Waals surface area contributed by atoms with E-state index in [1.54, 1.807) is 6.08 Å². The van der Waals surface area contributed by atoms with E-state index < -0.39 is 0 Å². The molecule has 3 heteroatoms. The molecule has 1 unspecified atom stereocenters. The summed E-state index contributed by atoms with van der Waals surface area (Å²) in [7, 11) is 4.01. The van der Waals surface area contributed by atoms with Gasteiger partial charge in [0, 0.05) is 25.7 Å². The molecule has 1 amide bonds. The fourth-order valence-electron chi connectivity index (χ4n) is 2.36. The van der Waals surface area contributed by atoms with Crippen molar-refractivity contribution < 1.29 is 4.79 Å². The predicted octanol–water partition coefficient (Wildman–Crippen LogP) is 2.00. The van der Waals surface area contributed by atoms with Gasteiger partial charge in [-0.15, -0.1) is 0 Å². The Kier molecular flexibility index (Phi) is 5.69. The zero-order valence-corrected chi connectivity index (χ0v) is 11.6. The van der Waals surface area contributed by atoms with Crippen molar-refractivity contribution in [1.82, 2.24) is 9.80 Å². The zero-order chi connectivity index (χ0) is 12.8. The molecule has 0 aromatic heterocycles. The Labute approximate surface area is 105 Å². The van der Waals surface area contributed by atoms with E-state index in [1.807, 2.05) is 25.1 Å². The quantitative estimate of drug-likeness (QED) is 0.684. The predicted molar refractivity (Wildman–Crippen MR) is 71.8 cm³/mol. The highest BCUT2D eigenvalue weighted by Gasteiger charge is 2.25. The van der Waals surface area contributed by atoms with E-state index in [1.165, 1.54) is 12.8 Å². The van der Waals surface area contributed by atoms with E-state index in [4.69, 9.17) is 0 Å². The Morgan fingerprint density at radius 3 is 2.76 bits per heavy atom. The SMILES string of the molecule is CC(C)CC1CCN(C(=O)/C=C/CN(C)C)C1. The van der Waals surface area contributed by atoms with Crippen LogP contribution in [-0.2, 0) is 4.79 Å². The van der Waals surface area contributed by atoms with Crippen molar-refractivity contribution in [2.45, 2.75) is 26.7 Å². The molecule has 98 valence electrons. The van der Waals surface area contributed by atoms with E-state index in [-0.39, 0.29) is 5.91 Å². The van der Waals surface area contributed by atoms with Crippen LogP contribution in [0.5, 0.6) is 0 Å². The summed E-state index contributed by atoms with van der Waals surface area (Å²) in [5.74, 6) is 1.62. The van der Waals surface area contributed by atoms with Crippen molar-refractivity contribution >= 4 is 5.91 Å². The van der Waals surface area contributed by atoms with Gasteiger partial charge in [0.1, 0.15) is 0 Å². The van der Waals surface area contributed by atoms with E-state index in [9.17, 15) is 4.79 Å². The number of likely N-dealkylation sites (tertiary alicyclic amines) is 1. The first kappa shape index (κ1) is 14.2. The van der Waals surface area contributed by atoms with Crippen LogP contribution in [0.15, 0.2) is 12.2 Å². The van der Waals surface area contributed by atoms with E-state index in [0.29, 0.717) is 5.92 Å². The minimum Gasteiger partial charge on any atom is -0.339 e. The summed E-state index contributed by atoms with van der Waals surface area (Å²) in [4.78, 5) is 15.9. The maximum atomic E-state index is 11.9. The number of hydrogen-bond donors (Lipinski definition) is 0. The Balaban J connectivity index is 2.32. The Bertz CT molecular complexity index is 271. The maximum absolute atomic E-state index is 11.9. The van der Waals surface area contributed by atoms with Crippen LogP contribution in [0.25, 0.3) is 0 Å². The average Bonchev–Trinajstić information content (AvgIpc) is 2.64. The van der Waals surface area contributed by atoms with Crippen molar-refractivity contribution in [2.75, 3.05) is 33.7 Å². The van der Waals surface area contributed by atoms with E-state index >= 15 is 0 Å². The van der Waals surface area contributed by atoms with Crippen LogP contribution in [0.4, 0.5) is 0 Å². The second-order valence-corrected chi connectivity index (χ2v) is 5.73. The summed E-state index contributed by atoms with van der Waals surface area (Å²) in [6.45, 7) is 7.21. The van der Waals surface area contributed by atoms with Crippen molar-refractivity contribution in [3.8, 4) is 0 Å². The number of likely N-dealkylation sites (N-methyl/N-ethyl adjacent to an activating group) is 1. The number of nitrogens with zero attached hydrogens (tertiary/aromatic N) is 2. The summed E-state index contributed by atoms with van der Waals surface area (Å²) in [5.41, 5.74) is 0. The van der Waals surface area contributed by atoms with Crippen LogP contribution < -0.4 is 0 Å². The molecule has 0 aromatic carbocycles. The zero-order valence-electron chi connectivity index (χ0n) is 11.6. The molecule has 0 bridgehead atoms. The third-order valence-electron chi connectivity index (χ3n) is 3.13. The van der Waals surface area contributed by atoms with E-state index in [2.05, 4.69) is 18.7 Å². The van der Waals surface area contributed by atoms with Crippen LogP contribution in [0.2, 0.25) is 0 Å². The lowest BCUT2D eigenvalue weighted by atomic mass is 9.97. The molecular formula is C14H26N2O. The largest absolute Gasteiger partial charge is 0.339 e. The first-order valence-corrected chi connectivity index (χ1v) is 6.59. The van der Waals surface area contributed by atoms with Gasteiger partial charge in [0.05, 0.1) is 0 Å². The van der Waals surface area contributed by atoms with Gasteiger partial charge >= 0.3 is 0 Å². The normalized spacial score (nSPS) is 21.1. The molecule has 3 nitrogen and oxygen atoms in total. The van der Waals surface area contributed by atoms with Gasteiger partial charge in [-0.2, -0.15) is 0 Å². The van der Waals surface area contributed by atoms with Gasteiger partial charge < -0.3 is 9.80 Å². The van der Waals surface area contributed by atoms with Gasteiger partial charge in [-0.3, -0.25) is 4.79 Å². The lowest BCUT2D eigenvalue weighted by Gasteiger charge is -2.15. The van der Waals surface area contributed by atoms with Crippen molar-refractivity contribution in [3.05, 3.63) is 12.2 Å². The number of rotatable bonds is 5. The fourth-order valence-corrected chi connectivity index (χ4v) is 2.36. The Hall–Kier alpha value is -0.830. The molecule has 1 atom stereocenters. The Morgan fingerprint density at radius 1 is 1.47 bits per heavy atom. The molecule has 1 aliphatic rings.